The van der Waals surface area contributed by atoms with E-state index in [9.17, 15) is 4.79 Å². The van der Waals surface area contributed by atoms with Gasteiger partial charge in [0.25, 0.3) is 0 Å². The van der Waals surface area contributed by atoms with Crippen LogP contribution in [0.25, 0.3) is 0 Å². The summed E-state index contributed by atoms with van der Waals surface area (Å²) >= 11 is 0. The number of carbonyl (C=O) groups is 1. The van der Waals surface area contributed by atoms with Crippen molar-refractivity contribution in [2.45, 2.75) is 84.7 Å². The van der Waals surface area contributed by atoms with Crippen LogP contribution in [-0.2, 0) is 11.2 Å². The number of rotatable bonds is 7. The first-order valence-corrected chi connectivity index (χ1v) is 10.3. The maximum Gasteiger partial charge on any atom is 0.345 e. The van der Waals surface area contributed by atoms with Crippen molar-refractivity contribution in [2.75, 3.05) is 6.79 Å². The fourth-order valence-corrected chi connectivity index (χ4v) is 4.09. The molecular weight excluding hydrogens is 340 g/mol. The maximum absolute atomic E-state index is 12.6. The number of esters is 1. The summed E-state index contributed by atoms with van der Waals surface area (Å²) in [6, 6.07) is 2.07. The number of fused-ring (bicyclic) bond motifs is 1. The van der Waals surface area contributed by atoms with E-state index in [1.54, 1.807) is 0 Å². The largest absolute Gasteiger partial charge is 0.491 e. The van der Waals surface area contributed by atoms with Gasteiger partial charge >= 0.3 is 5.97 Å². The summed E-state index contributed by atoms with van der Waals surface area (Å²) in [5, 5.41) is 0. The van der Waals surface area contributed by atoms with Gasteiger partial charge in [-0.3, -0.25) is 0 Å². The van der Waals surface area contributed by atoms with E-state index in [2.05, 4.69) is 26.0 Å². The molecule has 0 aromatic heterocycles. The highest BCUT2D eigenvalue weighted by Gasteiger charge is 2.33. The molecule has 0 bridgehead atoms. The Morgan fingerprint density at radius 3 is 2.78 bits per heavy atom. The van der Waals surface area contributed by atoms with Crippen LogP contribution in [0.15, 0.2) is 17.7 Å². The minimum Gasteiger partial charge on any atom is -0.491 e. The molecule has 4 nitrogen and oxygen atoms in total. The van der Waals surface area contributed by atoms with Gasteiger partial charge in [0.05, 0.1) is 6.10 Å². The molecule has 3 rings (SSSR count). The highest BCUT2D eigenvalue weighted by atomic mass is 16.7. The molecule has 1 aromatic carbocycles. The Hall–Kier alpha value is -1.97. The lowest BCUT2D eigenvalue weighted by atomic mass is 9.83. The van der Waals surface area contributed by atoms with Gasteiger partial charge in [0, 0.05) is 11.5 Å². The Kier molecular flexibility index (Phi) is 6.46. The molecule has 1 atom stereocenters. The van der Waals surface area contributed by atoms with Crippen LogP contribution in [0.1, 0.15) is 93.6 Å². The van der Waals surface area contributed by atoms with Gasteiger partial charge in [-0.25, -0.2) is 4.79 Å². The first-order valence-electron chi connectivity index (χ1n) is 10.3. The van der Waals surface area contributed by atoms with E-state index >= 15 is 0 Å². The van der Waals surface area contributed by atoms with E-state index < -0.39 is 0 Å². The van der Waals surface area contributed by atoms with Gasteiger partial charge in [0.15, 0.2) is 0 Å². The second-order valence-electron chi connectivity index (χ2n) is 7.98. The number of carbonyl (C=O) groups excluding carboxylic acids is 1. The smallest absolute Gasteiger partial charge is 0.345 e. The second kappa shape index (κ2) is 8.81. The van der Waals surface area contributed by atoms with Gasteiger partial charge in [-0.1, -0.05) is 31.4 Å². The third kappa shape index (κ3) is 4.48. The molecule has 0 amide bonds. The van der Waals surface area contributed by atoms with Crippen LogP contribution in [0.2, 0.25) is 0 Å². The summed E-state index contributed by atoms with van der Waals surface area (Å²) in [7, 11) is 0. The van der Waals surface area contributed by atoms with Gasteiger partial charge in [-0.15, -0.1) is 0 Å². The maximum atomic E-state index is 12.6. The molecule has 1 aliphatic carbocycles. The van der Waals surface area contributed by atoms with Crippen LogP contribution in [-0.4, -0.2) is 18.9 Å². The van der Waals surface area contributed by atoms with Crippen LogP contribution >= 0.6 is 0 Å². The second-order valence-corrected chi connectivity index (χ2v) is 7.98. The quantitative estimate of drug-likeness (QED) is 0.338. The minimum atomic E-state index is -0.267. The summed E-state index contributed by atoms with van der Waals surface area (Å²) in [6.45, 7) is 8.42. The molecule has 0 fully saturated rings. The van der Waals surface area contributed by atoms with Crippen molar-refractivity contribution in [2.24, 2.45) is 0 Å². The van der Waals surface area contributed by atoms with Crippen molar-refractivity contribution in [1.82, 2.24) is 0 Å². The highest BCUT2D eigenvalue weighted by Crippen LogP contribution is 2.46. The molecular formula is C23H32O4. The zero-order valence-corrected chi connectivity index (χ0v) is 17.1. The van der Waals surface area contributed by atoms with E-state index in [-0.39, 0.29) is 24.8 Å². The van der Waals surface area contributed by atoms with Crippen molar-refractivity contribution in [3.63, 3.8) is 0 Å². The Bertz CT molecular complexity index is 718. The standard InChI is InChI=1S/C23H32O4/c1-5-6-7-10-18-13-19(27-15(2)3)20(17-11-8-9-16(4)12-17)22-21(18)23(24)26-14-25-22/h12-13,15,17H,5-11,14H2,1-4H3/t17-/m0/s1. The number of cyclic esters (lactones) is 1. The monoisotopic (exact) mass is 372 g/mol. The average molecular weight is 373 g/mol. The molecule has 148 valence electrons. The lowest BCUT2D eigenvalue weighted by molar-refractivity contribution is 0.00403. The van der Waals surface area contributed by atoms with Crippen LogP contribution in [0.3, 0.4) is 0 Å². The molecule has 0 saturated carbocycles. The number of hydrogen-bond donors (Lipinski definition) is 0. The molecule has 0 N–H and O–H groups in total. The number of ether oxygens (including phenoxy) is 3. The van der Waals surface area contributed by atoms with Crippen molar-refractivity contribution < 1.29 is 19.0 Å². The highest BCUT2D eigenvalue weighted by molar-refractivity contribution is 5.96. The molecule has 1 aliphatic heterocycles. The number of benzene rings is 1. The predicted octanol–water partition coefficient (Wildman–Crippen LogP) is 5.93. The van der Waals surface area contributed by atoms with Crippen molar-refractivity contribution in [3.8, 4) is 11.5 Å². The summed E-state index contributed by atoms with van der Waals surface area (Å²) in [6.07, 6.45) is 9.86. The number of unbranched alkanes of at least 4 members (excludes halogenated alkanes) is 2. The summed E-state index contributed by atoms with van der Waals surface area (Å²) < 4.78 is 17.4. The van der Waals surface area contributed by atoms with Gasteiger partial charge in [-0.2, -0.15) is 0 Å². The van der Waals surface area contributed by atoms with Gasteiger partial charge in [0.2, 0.25) is 6.79 Å². The summed E-state index contributed by atoms with van der Waals surface area (Å²) in [5.41, 5.74) is 4.01. The van der Waals surface area contributed by atoms with Crippen LogP contribution in [0.4, 0.5) is 0 Å². The van der Waals surface area contributed by atoms with Crippen LogP contribution < -0.4 is 9.47 Å². The van der Waals surface area contributed by atoms with Crippen molar-refractivity contribution in [3.05, 3.63) is 34.4 Å². The molecule has 0 unspecified atom stereocenters. The Balaban J connectivity index is 2.13. The predicted molar refractivity (Wildman–Crippen MR) is 107 cm³/mol. The fraction of sp³-hybridized carbons (Fsp3) is 0.609. The molecule has 0 saturated heterocycles. The van der Waals surface area contributed by atoms with E-state index in [0.29, 0.717) is 11.3 Å². The Morgan fingerprint density at radius 2 is 2.07 bits per heavy atom. The fourth-order valence-electron chi connectivity index (χ4n) is 4.09. The van der Waals surface area contributed by atoms with Crippen LogP contribution in [0.5, 0.6) is 11.5 Å². The molecule has 1 aromatic rings. The number of aryl methyl sites for hydroxylation is 1. The molecule has 0 radical (unpaired) electrons. The first kappa shape index (κ1) is 19.8. The Morgan fingerprint density at radius 1 is 1.26 bits per heavy atom. The lowest BCUT2D eigenvalue weighted by Crippen LogP contribution is -2.23. The van der Waals surface area contributed by atoms with E-state index in [0.717, 1.165) is 61.8 Å². The first-order chi connectivity index (χ1) is 13.0. The van der Waals surface area contributed by atoms with E-state index in [1.807, 2.05) is 13.8 Å². The van der Waals surface area contributed by atoms with E-state index in [4.69, 9.17) is 14.2 Å². The normalized spacial score (nSPS) is 19.2. The SMILES string of the molecule is CCCCCc1cc(OC(C)C)c([C@@H]2C=C(C)CCC2)c2c1C(=O)OCO2. The van der Waals surface area contributed by atoms with E-state index in [1.165, 1.54) is 5.57 Å². The topological polar surface area (TPSA) is 44.8 Å². The number of allylic oxidation sites excluding steroid dienone is 2. The average Bonchev–Trinajstić information content (AvgIpc) is 2.61. The zero-order valence-electron chi connectivity index (χ0n) is 17.1. The molecule has 27 heavy (non-hydrogen) atoms. The zero-order chi connectivity index (χ0) is 19.4. The van der Waals surface area contributed by atoms with Gasteiger partial charge in [-0.05, 0) is 64.5 Å². The van der Waals surface area contributed by atoms with Crippen LogP contribution in [0, 0.1) is 0 Å². The third-order valence-corrected chi connectivity index (χ3v) is 5.32. The van der Waals surface area contributed by atoms with Gasteiger partial charge < -0.3 is 14.2 Å². The summed E-state index contributed by atoms with van der Waals surface area (Å²) in [5.74, 6) is 1.50. The minimum absolute atomic E-state index is 0.0201. The molecule has 1 heterocycles. The van der Waals surface area contributed by atoms with Crippen molar-refractivity contribution in [1.29, 1.82) is 0 Å². The molecule has 2 aliphatic rings. The summed E-state index contributed by atoms with van der Waals surface area (Å²) in [4.78, 5) is 12.6. The van der Waals surface area contributed by atoms with Crippen molar-refractivity contribution >= 4 is 5.97 Å². The Labute approximate surface area is 162 Å². The lowest BCUT2D eigenvalue weighted by Gasteiger charge is -2.30. The molecule has 0 spiro atoms. The van der Waals surface area contributed by atoms with Gasteiger partial charge in [0.1, 0.15) is 17.1 Å². The number of hydrogen-bond acceptors (Lipinski definition) is 4. The molecule has 4 heteroatoms. The third-order valence-electron chi connectivity index (χ3n) is 5.32.